The second kappa shape index (κ2) is 4.87. The molecule has 1 aliphatic carbocycles. The summed E-state index contributed by atoms with van der Waals surface area (Å²) in [5.74, 6) is 2.15. The van der Waals surface area contributed by atoms with Gasteiger partial charge in [-0.2, -0.15) is 0 Å². The van der Waals surface area contributed by atoms with Crippen molar-refractivity contribution < 1.29 is 9.34 Å². The lowest BCUT2D eigenvalue weighted by Gasteiger charge is -2.03. The fraction of sp³-hybridized carbons (Fsp3) is 0.417. The van der Waals surface area contributed by atoms with E-state index in [1.54, 1.807) is 13.0 Å². The van der Waals surface area contributed by atoms with Gasteiger partial charge in [-0.25, -0.2) is 4.98 Å². The predicted octanol–water partition coefficient (Wildman–Crippen LogP) is 2.17. The molecule has 0 spiro atoms. The molecule has 20 heavy (non-hydrogen) atoms. The van der Waals surface area contributed by atoms with Crippen molar-refractivity contribution in [1.29, 1.82) is 0 Å². The average Bonchev–Trinajstić information content (AvgIpc) is 3.15. The Balaban J connectivity index is 1.65. The Kier molecular flexibility index (Phi) is 3.05. The van der Waals surface area contributed by atoms with Gasteiger partial charge in [0.2, 0.25) is 11.8 Å². The van der Waals surface area contributed by atoms with Crippen molar-refractivity contribution in [2.24, 2.45) is 0 Å². The second-order valence-electron chi connectivity index (χ2n) is 4.72. The van der Waals surface area contributed by atoms with Gasteiger partial charge in [-0.1, -0.05) is 0 Å². The molecule has 0 amide bonds. The summed E-state index contributed by atoms with van der Waals surface area (Å²) < 4.78 is 5.50. The minimum atomic E-state index is -0.452. The van der Waals surface area contributed by atoms with Crippen LogP contribution in [0.5, 0.6) is 0 Å². The zero-order chi connectivity index (χ0) is 14.1. The number of aromatic nitrogens is 3. The van der Waals surface area contributed by atoms with Crippen molar-refractivity contribution in [2.75, 3.05) is 5.32 Å². The number of aryl methyl sites for hydroxylation is 1. The minimum Gasteiger partial charge on any atom is -0.423 e. The van der Waals surface area contributed by atoms with Gasteiger partial charge in [0.1, 0.15) is 11.5 Å². The van der Waals surface area contributed by atoms with Gasteiger partial charge in [-0.05, 0) is 25.8 Å². The first-order chi connectivity index (χ1) is 9.63. The molecule has 2 heterocycles. The fourth-order valence-corrected chi connectivity index (χ4v) is 1.84. The van der Waals surface area contributed by atoms with E-state index in [2.05, 4.69) is 20.5 Å². The third kappa shape index (κ3) is 2.58. The topological polar surface area (TPSA) is 107 Å². The summed E-state index contributed by atoms with van der Waals surface area (Å²) in [6.45, 7) is 1.95. The van der Waals surface area contributed by atoms with Gasteiger partial charge in [0.15, 0.2) is 0 Å². The molecule has 3 rings (SSSR count). The third-order valence-electron chi connectivity index (χ3n) is 3.08. The third-order valence-corrected chi connectivity index (χ3v) is 3.08. The molecular weight excluding hydrogens is 262 g/mol. The standard InChI is InChI=1S/C12H13N5O3/c1-7-9(17(18)19)4-5-10(14-7)13-6-11-15-16-12(20-11)8-2-3-8/h4-5,8H,2-3,6H2,1H3,(H,13,14). The molecule has 1 fully saturated rings. The SMILES string of the molecule is Cc1nc(NCc2nnc(C3CC3)o2)ccc1[N+](=O)[O-]. The molecule has 1 aliphatic rings. The molecule has 8 heteroatoms. The molecule has 104 valence electrons. The normalized spacial score (nSPS) is 14.2. The van der Waals surface area contributed by atoms with Crippen LogP contribution in [-0.2, 0) is 6.54 Å². The van der Waals surface area contributed by atoms with Crippen LogP contribution >= 0.6 is 0 Å². The Morgan fingerprint density at radius 3 is 2.90 bits per heavy atom. The highest BCUT2D eigenvalue weighted by atomic mass is 16.6. The van der Waals surface area contributed by atoms with Gasteiger partial charge in [0.05, 0.1) is 11.5 Å². The molecule has 0 aliphatic heterocycles. The van der Waals surface area contributed by atoms with Crippen molar-refractivity contribution in [3.05, 3.63) is 39.7 Å². The highest BCUT2D eigenvalue weighted by molar-refractivity contribution is 5.44. The molecule has 0 saturated heterocycles. The molecular formula is C12H13N5O3. The van der Waals surface area contributed by atoms with Crippen LogP contribution in [0.25, 0.3) is 0 Å². The molecule has 2 aromatic rings. The predicted molar refractivity (Wildman–Crippen MR) is 69.2 cm³/mol. The Morgan fingerprint density at radius 2 is 2.25 bits per heavy atom. The summed E-state index contributed by atoms with van der Waals surface area (Å²) in [6.07, 6.45) is 2.22. The van der Waals surface area contributed by atoms with E-state index >= 15 is 0 Å². The van der Waals surface area contributed by atoms with E-state index in [0.29, 0.717) is 35.8 Å². The number of hydrogen-bond acceptors (Lipinski definition) is 7. The van der Waals surface area contributed by atoms with Gasteiger partial charge in [0.25, 0.3) is 5.69 Å². The maximum atomic E-state index is 10.7. The van der Waals surface area contributed by atoms with Gasteiger partial charge in [-0.3, -0.25) is 10.1 Å². The van der Waals surface area contributed by atoms with E-state index in [1.807, 2.05) is 0 Å². The lowest BCUT2D eigenvalue weighted by molar-refractivity contribution is -0.385. The number of hydrogen-bond donors (Lipinski definition) is 1. The Labute approximate surface area is 114 Å². The first-order valence-electron chi connectivity index (χ1n) is 6.31. The highest BCUT2D eigenvalue weighted by Gasteiger charge is 2.29. The Hall–Kier alpha value is -2.51. The molecule has 1 saturated carbocycles. The first-order valence-corrected chi connectivity index (χ1v) is 6.31. The van der Waals surface area contributed by atoms with Crippen LogP contribution in [0.3, 0.4) is 0 Å². The van der Waals surface area contributed by atoms with Crippen LogP contribution < -0.4 is 5.32 Å². The smallest absolute Gasteiger partial charge is 0.290 e. The summed E-state index contributed by atoms with van der Waals surface area (Å²) in [5, 5.41) is 21.6. The van der Waals surface area contributed by atoms with Crippen LogP contribution in [-0.4, -0.2) is 20.1 Å². The molecule has 0 radical (unpaired) electrons. The van der Waals surface area contributed by atoms with Crippen LogP contribution in [0.2, 0.25) is 0 Å². The number of anilines is 1. The molecule has 2 aromatic heterocycles. The van der Waals surface area contributed by atoms with Crippen molar-refractivity contribution in [3.8, 4) is 0 Å². The quantitative estimate of drug-likeness (QED) is 0.658. The number of pyridine rings is 1. The van der Waals surface area contributed by atoms with Gasteiger partial charge in [-0.15, -0.1) is 10.2 Å². The molecule has 0 aromatic carbocycles. The van der Waals surface area contributed by atoms with E-state index in [-0.39, 0.29) is 5.69 Å². The van der Waals surface area contributed by atoms with Gasteiger partial charge >= 0.3 is 0 Å². The molecule has 8 nitrogen and oxygen atoms in total. The van der Waals surface area contributed by atoms with Crippen molar-refractivity contribution in [2.45, 2.75) is 32.2 Å². The van der Waals surface area contributed by atoms with Crippen LogP contribution in [0.1, 0.15) is 36.2 Å². The first kappa shape index (κ1) is 12.5. The zero-order valence-electron chi connectivity index (χ0n) is 10.9. The maximum Gasteiger partial charge on any atom is 0.290 e. The van der Waals surface area contributed by atoms with Crippen molar-refractivity contribution in [3.63, 3.8) is 0 Å². The molecule has 1 N–H and O–H groups in total. The summed E-state index contributed by atoms with van der Waals surface area (Å²) in [7, 11) is 0. The van der Waals surface area contributed by atoms with Gasteiger partial charge in [0, 0.05) is 12.0 Å². The van der Waals surface area contributed by atoms with Crippen LogP contribution in [0, 0.1) is 17.0 Å². The maximum absolute atomic E-state index is 10.7. The number of nitrogens with one attached hydrogen (secondary N) is 1. The molecule has 0 bridgehead atoms. The number of rotatable bonds is 5. The largest absolute Gasteiger partial charge is 0.423 e. The summed E-state index contributed by atoms with van der Waals surface area (Å²) in [4.78, 5) is 14.4. The zero-order valence-corrected chi connectivity index (χ0v) is 10.9. The monoisotopic (exact) mass is 275 g/mol. The summed E-state index contributed by atoms with van der Waals surface area (Å²) in [5.41, 5.74) is 0.369. The average molecular weight is 275 g/mol. The van der Waals surface area contributed by atoms with E-state index in [1.165, 1.54) is 6.07 Å². The van der Waals surface area contributed by atoms with E-state index in [4.69, 9.17) is 4.42 Å². The Morgan fingerprint density at radius 1 is 1.45 bits per heavy atom. The van der Waals surface area contributed by atoms with E-state index < -0.39 is 4.92 Å². The molecule has 0 atom stereocenters. The lowest BCUT2D eigenvalue weighted by Crippen LogP contribution is -2.03. The van der Waals surface area contributed by atoms with E-state index in [0.717, 1.165) is 12.8 Å². The number of nitrogens with zero attached hydrogens (tertiary/aromatic N) is 4. The summed E-state index contributed by atoms with van der Waals surface area (Å²) in [6, 6.07) is 2.98. The second-order valence-corrected chi connectivity index (χ2v) is 4.72. The van der Waals surface area contributed by atoms with Crippen LogP contribution in [0.4, 0.5) is 11.5 Å². The number of nitro groups is 1. The van der Waals surface area contributed by atoms with Crippen molar-refractivity contribution in [1.82, 2.24) is 15.2 Å². The van der Waals surface area contributed by atoms with Crippen LogP contribution in [0.15, 0.2) is 16.5 Å². The molecule has 0 unspecified atom stereocenters. The Bertz CT molecular complexity index is 650. The summed E-state index contributed by atoms with van der Waals surface area (Å²) >= 11 is 0. The lowest BCUT2D eigenvalue weighted by atomic mass is 10.3. The highest BCUT2D eigenvalue weighted by Crippen LogP contribution is 2.39. The minimum absolute atomic E-state index is 0.00404. The van der Waals surface area contributed by atoms with Gasteiger partial charge < -0.3 is 9.73 Å². The fourth-order valence-electron chi connectivity index (χ4n) is 1.84. The van der Waals surface area contributed by atoms with Crippen molar-refractivity contribution >= 4 is 11.5 Å². The van der Waals surface area contributed by atoms with E-state index in [9.17, 15) is 10.1 Å².